The first kappa shape index (κ1) is 13.6. The minimum absolute atomic E-state index is 0.0159. The van der Waals surface area contributed by atoms with Crippen molar-refractivity contribution in [2.75, 3.05) is 18.1 Å². The smallest absolute Gasteiger partial charge is 0.251 e. The van der Waals surface area contributed by atoms with E-state index in [4.69, 9.17) is 0 Å². The highest BCUT2D eigenvalue weighted by Crippen LogP contribution is 2.14. The molecule has 16 heavy (non-hydrogen) atoms. The number of carbonyl (C=O) groups excluding carboxylic acids is 1. The summed E-state index contributed by atoms with van der Waals surface area (Å²) in [5.74, 6) is 0.0159. The number of unbranched alkanes of at least 4 members (excludes halogenated alkanes) is 1. The molecule has 0 aliphatic heterocycles. The Hall–Kier alpha value is -0.480. The molecule has 0 fully saturated rings. The highest BCUT2D eigenvalue weighted by molar-refractivity contribution is 9.09. The third kappa shape index (κ3) is 4.58. The fourth-order valence-electron chi connectivity index (χ4n) is 1.27. The highest BCUT2D eigenvalue weighted by Gasteiger charge is 2.03. The topological polar surface area (TPSA) is 29.1 Å². The number of carbonyl (C=O) groups is 1. The van der Waals surface area contributed by atoms with Crippen molar-refractivity contribution < 1.29 is 4.79 Å². The zero-order chi connectivity index (χ0) is 11.8. The summed E-state index contributed by atoms with van der Waals surface area (Å²) >= 11 is 5.04. The lowest BCUT2D eigenvalue weighted by Crippen LogP contribution is -2.24. The average molecular weight is 302 g/mol. The van der Waals surface area contributed by atoms with Crippen molar-refractivity contribution in [3.63, 3.8) is 0 Å². The van der Waals surface area contributed by atoms with Crippen LogP contribution in [0.25, 0.3) is 0 Å². The van der Waals surface area contributed by atoms with Crippen LogP contribution in [0.2, 0.25) is 0 Å². The zero-order valence-corrected chi connectivity index (χ0v) is 11.7. The summed E-state index contributed by atoms with van der Waals surface area (Å²) in [6, 6.07) is 7.67. The summed E-state index contributed by atoms with van der Waals surface area (Å²) in [6.45, 7) is 0.745. The second-order valence-corrected chi connectivity index (χ2v) is 5.05. The standard InChI is InChI=1S/C12H16BrNOS/c1-16-11-6-4-10(5-7-11)12(15)14-9-3-2-8-13/h4-7H,2-3,8-9H2,1H3,(H,14,15). The van der Waals surface area contributed by atoms with Gasteiger partial charge in [0, 0.05) is 22.3 Å². The van der Waals surface area contributed by atoms with Crippen LogP contribution in [0.5, 0.6) is 0 Å². The summed E-state index contributed by atoms with van der Waals surface area (Å²) < 4.78 is 0. The van der Waals surface area contributed by atoms with Crippen molar-refractivity contribution in [1.29, 1.82) is 0 Å². The van der Waals surface area contributed by atoms with Crippen molar-refractivity contribution in [1.82, 2.24) is 5.32 Å². The molecule has 0 saturated carbocycles. The molecule has 88 valence electrons. The first-order valence-corrected chi connectivity index (χ1v) is 7.60. The summed E-state index contributed by atoms with van der Waals surface area (Å²) in [5, 5.41) is 3.90. The van der Waals surface area contributed by atoms with Gasteiger partial charge in [0.2, 0.25) is 0 Å². The maximum atomic E-state index is 11.7. The predicted octanol–water partition coefficient (Wildman–Crippen LogP) is 3.31. The van der Waals surface area contributed by atoms with E-state index < -0.39 is 0 Å². The molecule has 0 atom stereocenters. The van der Waals surface area contributed by atoms with Gasteiger partial charge in [0.1, 0.15) is 0 Å². The van der Waals surface area contributed by atoms with Gasteiger partial charge in [-0.2, -0.15) is 0 Å². The molecule has 1 aromatic carbocycles. The van der Waals surface area contributed by atoms with Gasteiger partial charge in [-0.05, 0) is 43.4 Å². The molecule has 0 spiro atoms. The molecule has 0 saturated heterocycles. The van der Waals surface area contributed by atoms with E-state index in [9.17, 15) is 4.79 Å². The lowest BCUT2D eigenvalue weighted by Gasteiger charge is -2.04. The van der Waals surface area contributed by atoms with Gasteiger partial charge in [-0.15, -0.1) is 11.8 Å². The molecule has 0 radical (unpaired) electrons. The number of benzene rings is 1. The van der Waals surface area contributed by atoms with Crippen LogP contribution in [0.1, 0.15) is 23.2 Å². The molecule has 1 rings (SSSR count). The maximum absolute atomic E-state index is 11.7. The third-order valence-corrected chi connectivity index (χ3v) is 3.50. The van der Waals surface area contributed by atoms with Crippen LogP contribution in [0.15, 0.2) is 29.2 Å². The van der Waals surface area contributed by atoms with Gasteiger partial charge in [0.15, 0.2) is 0 Å². The molecule has 0 aromatic heterocycles. The number of hydrogen-bond donors (Lipinski definition) is 1. The molecule has 1 N–H and O–H groups in total. The average Bonchev–Trinajstić information content (AvgIpc) is 2.34. The SMILES string of the molecule is CSc1ccc(C(=O)NCCCCBr)cc1. The first-order valence-electron chi connectivity index (χ1n) is 5.26. The normalized spacial score (nSPS) is 10.1. The Morgan fingerprint density at radius 1 is 1.31 bits per heavy atom. The van der Waals surface area contributed by atoms with E-state index >= 15 is 0 Å². The first-order chi connectivity index (χ1) is 7.77. The fourth-order valence-corrected chi connectivity index (χ4v) is 2.07. The van der Waals surface area contributed by atoms with Crippen molar-refractivity contribution in [2.24, 2.45) is 0 Å². The van der Waals surface area contributed by atoms with Crippen LogP contribution in [-0.2, 0) is 0 Å². The van der Waals surface area contributed by atoms with Crippen LogP contribution in [-0.4, -0.2) is 24.0 Å². The van der Waals surface area contributed by atoms with Crippen LogP contribution >= 0.6 is 27.7 Å². The molecule has 1 amide bonds. The Bertz CT molecular complexity index is 326. The summed E-state index contributed by atoms with van der Waals surface area (Å²) in [6.07, 6.45) is 4.13. The van der Waals surface area contributed by atoms with E-state index in [1.807, 2.05) is 30.5 Å². The zero-order valence-electron chi connectivity index (χ0n) is 9.33. The van der Waals surface area contributed by atoms with E-state index in [1.54, 1.807) is 11.8 Å². The molecule has 0 heterocycles. The number of amides is 1. The predicted molar refractivity (Wildman–Crippen MR) is 73.6 cm³/mol. The third-order valence-electron chi connectivity index (χ3n) is 2.20. The second-order valence-electron chi connectivity index (χ2n) is 3.38. The van der Waals surface area contributed by atoms with Crippen molar-refractivity contribution in [3.05, 3.63) is 29.8 Å². The molecule has 0 aliphatic rings. The van der Waals surface area contributed by atoms with Gasteiger partial charge in [0.05, 0.1) is 0 Å². The molecule has 1 aromatic rings. The van der Waals surface area contributed by atoms with E-state index in [0.717, 1.165) is 30.3 Å². The lowest BCUT2D eigenvalue weighted by atomic mass is 10.2. The highest BCUT2D eigenvalue weighted by atomic mass is 79.9. The quantitative estimate of drug-likeness (QED) is 0.496. The number of hydrogen-bond acceptors (Lipinski definition) is 2. The number of thioether (sulfide) groups is 1. The Balaban J connectivity index is 2.40. The Labute approximate surface area is 109 Å². The van der Waals surface area contributed by atoms with Crippen LogP contribution in [0, 0.1) is 0 Å². The summed E-state index contributed by atoms with van der Waals surface area (Å²) in [4.78, 5) is 12.9. The molecule has 0 aliphatic carbocycles. The number of halogens is 1. The maximum Gasteiger partial charge on any atom is 0.251 e. The van der Waals surface area contributed by atoms with Gasteiger partial charge in [-0.25, -0.2) is 0 Å². The van der Waals surface area contributed by atoms with Gasteiger partial charge in [0.25, 0.3) is 5.91 Å². The minimum Gasteiger partial charge on any atom is -0.352 e. The van der Waals surface area contributed by atoms with Crippen LogP contribution in [0.4, 0.5) is 0 Å². The Morgan fingerprint density at radius 3 is 2.56 bits per heavy atom. The van der Waals surface area contributed by atoms with E-state index in [1.165, 1.54) is 4.90 Å². The largest absolute Gasteiger partial charge is 0.352 e. The Morgan fingerprint density at radius 2 is 2.00 bits per heavy atom. The van der Waals surface area contributed by atoms with Crippen LogP contribution in [0.3, 0.4) is 0 Å². The van der Waals surface area contributed by atoms with Crippen molar-refractivity contribution in [3.8, 4) is 0 Å². The van der Waals surface area contributed by atoms with E-state index in [2.05, 4.69) is 21.2 Å². The summed E-state index contributed by atoms with van der Waals surface area (Å²) in [7, 11) is 0. The summed E-state index contributed by atoms with van der Waals surface area (Å²) in [5.41, 5.74) is 0.733. The molecule has 0 bridgehead atoms. The van der Waals surface area contributed by atoms with Gasteiger partial charge in [-0.3, -0.25) is 4.79 Å². The van der Waals surface area contributed by atoms with E-state index in [0.29, 0.717) is 0 Å². The second kappa shape index (κ2) is 7.74. The number of rotatable bonds is 6. The van der Waals surface area contributed by atoms with Gasteiger partial charge >= 0.3 is 0 Å². The van der Waals surface area contributed by atoms with Crippen molar-refractivity contribution >= 4 is 33.6 Å². The molecule has 0 unspecified atom stereocenters. The van der Waals surface area contributed by atoms with Crippen LogP contribution < -0.4 is 5.32 Å². The molecular formula is C12H16BrNOS. The monoisotopic (exact) mass is 301 g/mol. The van der Waals surface area contributed by atoms with Gasteiger partial charge in [-0.1, -0.05) is 15.9 Å². The Kier molecular flexibility index (Phi) is 6.57. The van der Waals surface area contributed by atoms with Gasteiger partial charge < -0.3 is 5.32 Å². The van der Waals surface area contributed by atoms with E-state index in [-0.39, 0.29) is 5.91 Å². The van der Waals surface area contributed by atoms with Crippen molar-refractivity contribution in [2.45, 2.75) is 17.7 Å². The molecule has 2 nitrogen and oxygen atoms in total. The number of alkyl halides is 1. The lowest BCUT2D eigenvalue weighted by molar-refractivity contribution is 0.0953. The number of nitrogens with one attached hydrogen (secondary N) is 1. The fraction of sp³-hybridized carbons (Fsp3) is 0.417. The molecule has 4 heteroatoms. The minimum atomic E-state index is 0.0159. The molecular weight excluding hydrogens is 286 g/mol.